The molecule has 0 heterocycles. The van der Waals surface area contributed by atoms with Gasteiger partial charge in [-0.3, -0.25) is 0 Å². The van der Waals surface area contributed by atoms with Crippen molar-refractivity contribution in [1.29, 1.82) is 0 Å². The highest BCUT2D eigenvalue weighted by molar-refractivity contribution is 5.06. The maximum Gasteiger partial charge on any atom is 0.395 e. The fourth-order valence-corrected chi connectivity index (χ4v) is 21.5. The minimum atomic E-state index is -4.18. The highest BCUT2D eigenvalue weighted by Gasteiger charge is 2.68. The van der Waals surface area contributed by atoms with Crippen molar-refractivity contribution >= 4 is 0 Å². The van der Waals surface area contributed by atoms with Crippen LogP contribution in [0, 0.1) is 142 Å². The molecule has 0 aliphatic heterocycles. The number of alkyl halides is 24. The second-order valence-electron chi connectivity index (χ2n) is 42.0. The van der Waals surface area contributed by atoms with Crippen LogP contribution in [0.1, 0.15) is 418 Å². The van der Waals surface area contributed by atoms with E-state index in [0.717, 1.165) is 32.1 Å². The zero-order valence-corrected chi connectivity index (χ0v) is 81.8. The van der Waals surface area contributed by atoms with E-state index >= 15 is 0 Å². The van der Waals surface area contributed by atoms with Crippen LogP contribution >= 0.6 is 0 Å². The molecule has 3 rings (SSSR count). The maximum absolute atomic E-state index is 14.0. The van der Waals surface area contributed by atoms with Crippen LogP contribution in [0.4, 0.5) is 105 Å². The van der Waals surface area contributed by atoms with Crippen molar-refractivity contribution in [2.45, 2.75) is 467 Å². The average molecular weight is 1770 g/mol. The van der Waals surface area contributed by atoms with Gasteiger partial charge in [0.1, 0.15) is 0 Å². The van der Waals surface area contributed by atoms with Gasteiger partial charge in [-0.15, -0.1) is 0 Å². The molecule has 3 aliphatic rings. The van der Waals surface area contributed by atoms with Gasteiger partial charge in [-0.05, 0) is 195 Å². The predicted octanol–water partition coefficient (Wildman–Crippen LogP) is 39.0. The number of halogens is 24. The molecule has 0 amide bonds. The molecule has 3 aliphatic carbocycles. The lowest BCUT2D eigenvalue weighted by molar-refractivity contribution is -0.301. The van der Waals surface area contributed by atoms with Crippen molar-refractivity contribution in [3.05, 3.63) is 0 Å². The van der Waals surface area contributed by atoms with Gasteiger partial charge in [0.05, 0.1) is 43.3 Å². The number of rotatable bonds is 26. The lowest BCUT2D eigenvalue weighted by Crippen LogP contribution is -2.57. The molecule has 0 nitrogen and oxygen atoms in total. The molecule has 0 N–H and O–H groups in total. The first kappa shape index (κ1) is 126. The lowest BCUT2D eigenvalue weighted by Gasteiger charge is -2.57. The molecule has 0 unspecified atom stereocenters. The number of hydrogen-bond acceptors (Lipinski definition) is 0. The molecular weight excluding hydrogens is 1600 g/mol. The Hall–Kier alpha value is -1.68. The summed E-state index contributed by atoms with van der Waals surface area (Å²) in [5.74, 6) is -2.27. The van der Waals surface area contributed by atoms with Gasteiger partial charge in [-0.2, -0.15) is 105 Å². The van der Waals surface area contributed by atoms with Crippen molar-refractivity contribution in [3.8, 4) is 0 Å². The van der Waals surface area contributed by atoms with Crippen LogP contribution in [0.25, 0.3) is 0 Å². The van der Waals surface area contributed by atoms with Gasteiger partial charge in [0.2, 0.25) is 0 Å². The minimum Gasteiger partial charge on any atom is -0.171 e. The Morgan fingerprint density at radius 1 is 0.235 bits per heavy atom. The van der Waals surface area contributed by atoms with Gasteiger partial charge in [-0.25, -0.2) is 0 Å². The van der Waals surface area contributed by atoms with E-state index in [1.807, 2.05) is 166 Å². The van der Waals surface area contributed by atoms with Gasteiger partial charge in [0.15, 0.2) is 0 Å². The Labute approximate surface area is 711 Å². The van der Waals surface area contributed by atoms with Crippen LogP contribution in [0.3, 0.4) is 0 Å². The maximum atomic E-state index is 14.0. The van der Waals surface area contributed by atoms with Gasteiger partial charge < -0.3 is 0 Å². The first-order chi connectivity index (χ1) is 52.7. The summed E-state index contributed by atoms with van der Waals surface area (Å²) in [5, 5.41) is 0. The molecule has 0 saturated heterocycles. The topological polar surface area (TPSA) is 0 Å². The molecule has 724 valence electrons. The molecule has 0 bridgehead atoms. The van der Waals surface area contributed by atoms with Gasteiger partial charge >= 0.3 is 49.4 Å². The molecule has 0 aromatic rings. The Morgan fingerprint density at radius 2 is 0.445 bits per heavy atom. The highest BCUT2D eigenvalue weighted by Crippen LogP contribution is 2.67. The first-order valence-corrected chi connectivity index (χ1v) is 45.2. The zero-order valence-electron chi connectivity index (χ0n) is 81.8. The van der Waals surface area contributed by atoms with Crippen molar-refractivity contribution in [2.75, 3.05) is 0 Å². The fraction of sp³-hybridized carbons (Fsp3) is 1.00. The van der Waals surface area contributed by atoms with Crippen molar-refractivity contribution in [1.82, 2.24) is 0 Å². The van der Waals surface area contributed by atoms with Gasteiger partial charge in [-0.1, -0.05) is 321 Å². The van der Waals surface area contributed by atoms with E-state index in [-0.39, 0.29) is 83.4 Å². The van der Waals surface area contributed by atoms with E-state index < -0.39 is 121 Å². The lowest BCUT2D eigenvalue weighted by atomic mass is 9.49. The zero-order chi connectivity index (χ0) is 96.8. The van der Waals surface area contributed by atoms with E-state index in [9.17, 15) is 105 Å². The fourth-order valence-electron chi connectivity index (χ4n) is 21.5. The molecule has 24 heteroatoms. The van der Waals surface area contributed by atoms with Crippen molar-refractivity contribution in [2.24, 2.45) is 142 Å². The number of hydrogen-bond donors (Lipinski definition) is 0. The third kappa shape index (κ3) is 30.8. The van der Waals surface area contributed by atoms with E-state index in [1.54, 1.807) is 48.5 Å². The van der Waals surface area contributed by atoms with E-state index in [2.05, 4.69) is 0 Å². The molecule has 0 radical (unpaired) electrons. The van der Waals surface area contributed by atoms with Crippen LogP contribution in [0.5, 0.6) is 0 Å². The van der Waals surface area contributed by atoms with E-state index in [0.29, 0.717) is 103 Å². The quantitative estimate of drug-likeness (QED) is 0.0757. The summed E-state index contributed by atoms with van der Waals surface area (Å²) in [6, 6.07) is 0. The molecule has 0 aromatic carbocycles. The molecule has 119 heavy (non-hydrogen) atoms. The first-order valence-electron chi connectivity index (χ1n) is 45.2. The third-order valence-electron chi connectivity index (χ3n) is 32.2. The van der Waals surface area contributed by atoms with Gasteiger partial charge in [0, 0.05) is 0 Å². The van der Waals surface area contributed by atoms with E-state index in [1.165, 1.54) is 55.4 Å². The van der Waals surface area contributed by atoms with Crippen LogP contribution in [-0.4, -0.2) is 49.4 Å². The minimum absolute atomic E-state index is 0.0154. The molecule has 0 spiro atoms. The van der Waals surface area contributed by atoms with Crippen molar-refractivity contribution < 1.29 is 105 Å². The molecule has 3 fully saturated rings. The Balaban J connectivity index is -0.000000419. The van der Waals surface area contributed by atoms with Gasteiger partial charge in [0.25, 0.3) is 0 Å². The molecule has 3 saturated carbocycles. The third-order valence-corrected chi connectivity index (χ3v) is 32.2. The normalized spacial score (nSPS) is 18.7. The van der Waals surface area contributed by atoms with E-state index in [4.69, 9.17) is 0 Å². The second kappa shape index (κ2) is 47.6. The van der Waals surface area contributed by atoms with Crippen LogP contribution in [-0.2, 0) is 0 Å². The summed E-state index contributed by atoms with van der Waals surface area (Å²) in [6.07, 6.45) is -19.9. The largest absolute Gasteiger partial charge is 0.395 e. The van der Waals surface area contributed by atoms with Crippen LogP contribution < -0.4 is 0 Å². The smallest absolute Gasteiger partial charge is 0.171 e. The van der Waals surface area contributed by atoms with Crippen LogP contribution in [0.15, 0.2) is 0 Å². The molecule has 2 atom stereocenters. The predicted molar refractivity (Wildman–Crippen MR) is 450 cm³/mol. The summed E-state index contributed by atoms with van der Waals surface area (Å²) in [7, 11) is 0. The summed E-state index contributed by atoms with van der Waals surface area (Å²) in [6.45, 7) is 68.7. The monoisotopic (exact) mass is 1770 g/mol. The molecular formula is C95H176F24. The SMILES string of the molecule is CC(C)C(C(C)C)C(C)(C(C(C)C)C(C)C)C(F)(F)F.CC(C)C(C(C)C)[C@](C)(C(C)C)C(F)(F)F.CC1(C(F)(F)F)CCCC1.CC1(C(F)(F)F)CCCCC1.CC1(C)CCC(C)(C(F)(F)F)CC1.CCC(C)(CC)C(C)(C(F)(F)F)C(C)(CC)CC.CCC(C)(CC)[C@](C)(C(C)C)C(F)(F)F.CCC(CC)C(C)(C(CC)CC)C(F)(F)F. The summed E-state index contributed by atoms with van der Waals surface area (Å²) in [4.78, 5) is 0. The van der Waals surface area contributed by atoms with Crippen LogP contribution in [0.2, 0.25) is 0 Å². The highest BCUT2D eigenvalue weighted by atomic mass is 19.4. The summed E-state index contributed by atoms with van der Waals surface area (Å²) < 4.78 is 315. The second-order valence-corrected chi connectivity index (χ2v) is 42.0. The molecule has 0 aromatic heterocycles. The Bertz CT molecular complexity index is 2580. The summed E-state index contributed by atoms with van der Waals surface area (Å²) in [5.41, 5.74) is -14.2. The standard InChI is InChI=1S/C17H33F3.C15H29F3.2C13H25F3.C12H23F3.C10H17F3.C8H13F3.C7H11F3/c1-10(2)14(11(3)4)16(9,17(18,19)20)15(12(5)6)13(7)8;1-8-12(5,9-2)14(7,15(16,17)18)13(6,10-3)11-4;1-8(2)11(9(3)4)12(7,10(5)6)13(14,15)16;1-6-10(7-2)12(5,13(14,15)16)11(8-3)9-4;1-7-10(5,8-2)11(6,9(3)4)12(13,14)15;1-8(2)4-6-9(3,7-5-8)10(11,12)13;1-7(8(9,10)11)5-3-2-4-6-7;1-6(7(8,9)10)4-2-3-5-6/h10-15H,1-9H3;8-11H2,1-7H3;8-11H,1-7H3;10-11H,6-9H2,1-5H3;9H,7-8H2,1-6H3;4-7H2,1-3H3;2-6H2,1H3;2-5H2,1H3/t;;12-;;11-;;;/m..0.0.../s1. The summed E-state index contributed by atoms with van der Waals surface area (Å²) >= 11 is 0. The average Bonchev–Trinajstić information content (AvgIpc) is 0.881. The Kier molecular flexibility index (Phi) is 50.3. The van der Waals surface area contributed by atoms with Crippen molar-refractivity contribution in [3.63, 3.8) is 0 Å². The Morgan fingerprint density at radius 3 is 0.580 bits per heavy atom.